The molecule has 0 saturated heterocycles. The number of benzene rings is 1. The molecular formula is C12H13N. The van der Waals surface area contributed by atoms with Gasteiger partial charge in [-0.05, 0) is 17.6 Å². The summed E-state index contributed by atoms with van der Waals surface area (Å²) >= 11 is 0. The Morgan fingerprint density at radius 2 is 2.00 bits per heavy atom. The van der Waals surface area contributed by atoms with Crippen molar-refractivity contribution in [1.82, 2.24) is 0 Å². The molecule has 13 heavy (non-hydrogen) atoms. The maximum atomic E-state index is 5.95. The molecule has 0 heterocycles. The Bertz CT molecular complexity index is 351. The van der Waals surface area contributed by atoms with Crippen LogP contribution in [0.2, 0.25) is 0 Å². The summed E-state index contributed by atoms with van der Waals surface area (Å²) < 4.78 is 0. The zero-order valence-electron chi connectivity index (χ0n) is 7.53. The van der Waals surface area contributed by atoms with E-state index in [4.69, 9.17) is 5.73 Å². The highest BCUT2D eigenvalue weighted by atomic mass is 14.8. The molecular weight excluding hydrogens is 158 g/mol. The summed E-state index contributed by atoms with van der Waals surface area (Å²) in [5, 5.41) is 0. The van der Waals surface area contributed by atoms with E-state index in [1.54, 1.807) is 0 Å². The lowest BCUT2D eigenvalue weighted by Crippen LogP contribution is -2.17. The van der Waals surface area contributed by atoms with Crippen LogP contribution in [0.15, 0.2) is 48.6 Å². The smallest absolute Gasteiger partial charge is 0.0594 e. The minimum absolute atomic E-state index is 0.212. The van der Waals surface area contributed by atoms with Gasteiger partial charge in [-0.25, -0.2) is 0 Å². The third-order valence-corrected chi connectivity index (χ3v) is 2.46. The lowest BCUT2D eigenvalue weighted by molar-refractivity contribution is 0.892. The zero-order chi connectivity index (χ0) is 9.31. The maximum Gasteiger partial charge on any atom is 0.0594 e. The van der Waals surface area contributed by atoms with Crippen molar-refractivity contribution in [3.05, 3.63) is 54.1 Å². The quantitative estimate of drug-likeness (QED) is 0.679. The largest absolute Gasteiger partial charge is 0.318 e. The second-order valence-corrected chi connectivity index (χ2v) is 3.50. The summed E-state index contributed by atoms with van der Waals surface area (Å²) in [4.78, 5) is 0. The minimum atomic E-state index is -0.212. The fourth-order valence-corrected chi connectivity index (χ4v) is 1.41. The normalized spacial score (nSPS) is 28.8. The van der Waals surface area contributed by atoms with Crippen LogP contribution in [0.3, 0.4) is 0 Å². The van der Waals surface area contributed by atoms with Gasteiger partial charge in [-0.1, -0.05) is 42.5 Å². The SMILES string of the molecule is C=CC1(N)CC1=Cc1ccccc1. The fourth-order valence-electron chi connectivity index (χ4n) is 1.41. The Hall–Kier alpha value is -1.34. The van der Waals surface area contributed by atoms with Gasteiger partial charge < -0.3 is 5.73 Å². The Balaban J connectivity index is 2.21. The number of nitrogens with two attached hydrogens (primary N) is 1. The van der Waals surface area contributed by atoms with Gasteiger partial charge in [-0.3, -0.25) is 0 Å². The van der Waals surface area contributed by atoms with E-state index in [9.17, 15) is 0 Å². The van der Waals surface area contributed by atoms with Crippen molar-refractivity contribution in [2.45, 2.75) is 12.0 Å². The molecule has 0 aromatic heterocycles. The lowest BCUT2D eigenvalue weighted by atomic mass is 10.2. The van der Waals surface area contributed by atoms with Crippen molar-refractivity contribution in [3.8, 4) is 0 Å². The van der Waals surface area contributed by atoms with Gasteiger partial charge in [0.05, 0.1) is 5.54 Å². The van der Waals surface area contributed by atoms with E-state index in [1.165, 1.54) is 11.1 Å². The Morgan fingerprint density at radius 1 is 1.31 bits per heavy atom. The molecule has 1 heteroatoms. The van der Waals surface area contributed by atoms with Crippen LogP contribution in [-0.2, 0) is 0 Å². The van der Waals surface area contributed by atoms with E-state index in [1.807, 2.05) is 24.3 Å². The van der Waals surface area contributed by atoms with Crippen molar-refractivity contribution in [2.75, 3.05) is 0 Å². The van der Waals surface area contributed by atoms with Crippen LogP contribution in [0.5, 0.6) is 0 Å². The predicted octanol–water partition coefficient (Wildman–Crippen LogP) is 2.36. The van der Waals surface area contributed by atoms with Gasteiger partial charge in [-0.15, -0.1) is 6.58 Å². The molecule has 0 amide bonds. The number of hydrogen-bond acceptors (Lipinski definition) is 1. The molecule has 1 atom stereocenters. The molecule has 1 nitrogen and oxygen atoms in total. The van der Waals surface area contributed by atoms with Crippen LogP contribution in [0.1, 0.15) is 12.0 Å². The standard InChI is InChI=1S/C12H13N/c1-2-12(13)9-11(12)8-10-6-4-3-5-7-10/h2-8H,1,9,13H2. The average molecular weight is 171 g/mol. The number of rotatable bonds is 2. The van der Waals surface area contributed by atoms with Gasteiger partial charge in [0.1, 0.15) is 0 Å². The second kappa shape index (κ2) is 2.86. The van der Waals surface area contributed by atoms with E-state index in [0.717, 1.165) is 6.42 Å². The zero-order valence-corrected chi connectivity index (χ0v) is 7.53. The van der Waals surface area contributed by atoms with Crippen molar-refractivity contribution >= 4 is 6.08 Å². The average Bonchev–Trinajstić information content (AvgIpc) is 2.80. The monoisotopic (exact) mass is 171 g/mol. The summed E-state index contributed by atoms with van der Waals surface area (Å²) in [6.07, 6.45) is 4.91. The van der Waals surface area contributed by atoms with E-state index in [0.29, 0.717) is 0 Å². The summed E-state index contributed by atoms with van der Waals surface area (Å²) in [6, 6.07) is 10.2. The topological polar surface area (TPSA) is 26.0 Å². The molecule has 1 aromatic rings. The lowest BCUT2D eigenvalue weighted by Gasteiger charge is -1.96. The van der Waals surface area contributed by atoms with E-state index < -0.39 is 0 Å². The van der Waals surface area contributed by atoms with E-state index >= 15 is 0 Å². The molecule has 1 aliphatic carbocycles. The fraction of sp³-hybridized carbons (Fsp3) is 0.167. The van der Waals surface area contributed by atoms with Gasteiger partial charge in [0.15, 0.2) is 0 Å². The van der Waals surface area contributed by atoms with Crippen LogP contribution < -0.4 is 5.73 Å². The van der Waals surface area contributed by atoms with Crippen molar-refractivity contribution in [2.24, 2.45) is 5.73 Å². The third kappa shape index (κ3) is 1.56. The van der Waals surface area contributed by atoms with Crippen molar-refractivity contribution in [1.29, 1.82) is 0 Å². The summed E-state index contributed by atoms with van der Waals surface area (Å²) in [5.41, 5.74) is 8.23. The Kier molecular flexibility index (Phi) is 1.82. The molecule has 1 aromatic carbocycles. The van der Waals surface area contributed by atoms with Crippen LogP contribution >= 0.6 is 0 Å². The van der Waals surface area contributed by atoms with Gasteiger partial charge in [0.2, 0.25) is 0 Å². The third-order valence-electron chi connectivity index (χ3n) is 2.46. The minimum Gasteiger partial charge on any atom is -0.318 e. The first kappa shape index (κ1) is 8.27. The molecule has 0 radical (unpaired) electrons. The Morgan fingerprint density at radius 3 is 2.54 bits per heavy atom. The molecule has 66 valence electrons. The van der Waals surface area contributed by atoms with Crippen LogP contribution in [-0.4, -0.2) is 5.54 Å². The van der Waals surface area contributed by atoms with Gasteiger partial charge in [0.25, 0.3) is 0 Å². The van der Waals surface area contributed by atoms with Gasteiger partial charge in [-0.2, -0.15) is 0 Å². The summed E-state index contributed by atoms with van der Waals surface area (Å²) in [7, 11) is 0. The second-order valence-electron chi connectivity index (χ2n) is 3.50. The summed E-state index contributed by atoms with van der Waals surface area (Å²) in [6.45, 7) is 3.72. The highest BCUT2D eigenvalue weighted by molar-refractivity contribution is 5.64. The molecule has 2 N–H and O–H groups in total. The molecule has 0 aliphatic heterocycles. The maximum absolute atomic E-state index is 5.95. The van der Waals surface area contributed by atoms with Crippen LogP contribution in [0.25, 0.3) is 6.08 Å². The number of hydrogen-bond donors (Lipinski definition) is 1. The first-order valence-electron chi connectivity index (χ1n) is 4.43. The van der Waals surface area contributed by atoms with E-state index in [-0.39, 0.29) is 5.54 Å². The molecule has 1 aliphatic rings. The highest BCUT2D eigenvalue weighted by Gasteiger charge is 2.41. The molecule has 2 rings (SSSR count). The summed E-state index contributed by atoms with van der Waals surface area (Å²) in [5.74, 6) is 0. The molecule has 0 bridgehead atoms. The van der Waals surface area contributed by atoms with Crippen molar-refractivity contribution in [3.63, 3.8) is 0 Å². The van der Waals surface area contributed by atoms with E-state index in [2.05, 4.69) is 24.8 Å². The van der Waals surface area contributed by atoms with Crippen LogP contribution in [0.4, 0.5) is 0 Å². The van der Waals surface area contributed by atoms with Crippen molar-refractivity contribution < 1.29 is 0 Å². The predicted molar refractivity (Wildman–Crippen MR) is 56.2 cm³/mol. The molecule has 0 spiro atoms. The Labute approximate surface area is 78.6 Å². The molecule has 1 saturated carbocycles. The van der Waals surface area contributed by atoms with Gasteiger partial charge >= 0.3 is 0 Å². The van der Waals surface area contributed by atoms with Gasteiger partial charge in [0, 0.05) is 0 Å². The molecule has 1 fully saturated rings. The van der Waals surface area contributed by atoms with Crippen LogP contribution in [0, 0.1) is 0 Å². The highest BCUT2D eigenvalue weighted by Crippen LogP contribution is 2.42. The molecule has 1 unspecified atom stereocenters. The first-order valence-corrected chi connectivity index (χ1v) is 4.43. The first-order chi connectivity index (χ1) is 6.24.